The van der Waals surface area contributed by atoms with Crippen LogP contribution in [0.15, 0.2) is 24.4 Å². The van der Waals surface area contributed by atoms with Crippen molar-refractivity contribution in [1.29, 1.82) is 0 Å². The van der Waals surface area contributed by atoms with E-state index in [1.165, 1.54) is 0 Å². The van der Waals surface area contributed by atoms with Crippen LogP contribution in [0.25, 0.3) is 0 Å². The van der Waals surface area contributed by atoms with E-state index in [0.29, 0.717) is 12.6 Å². The molecule has 1 amide bonds. The minimum absolute atomic E-state index is 0.135. The molecule has 0 aromatic carbocycles. The molecule has 2 heterocycles. The van der Waals surface area contributed by atoms with Crippen molar-refractivity contribution in [3.63, 3.8) is 0 Å². The SMILES string of the molecule is CN(C)[C@H]1CCN(CC(=O)NCCCc2ccccn2)C1. The van der Waals surface area contributed by atoms with Crippen LogP contribution in [0.1, 0.15) is 18.5 Å². The van der Waals surface area contributed by atoms with E-state index >= 15 is 0 Å². The molecular weight excluding hydrogens is 264 g/mol. The van der Waals surface area contributed by atoms with E-state index in [2.05, 4.69) is 34.2 Å². The fourth-order valence-corrected chi connectivity index (χ4v) is 2.68. The van der Waals surface area contributed by atoms with Crippen LogP contribution >= 0.6 is 0 Å². The molecule has 1 atom stereocenters. The van der Waals surface area contributed by atoms with Gasteiger partial charge in [0.1, 0.15) is 0 Å². The molecule has 0 saturated carbocycles. The van der Waals surface area contributed by atoms with Crippen molar-refractivity contribution in [2.45, 2.75) is 25.3 Å². The average molecular weight is 290 g/mol. The van der Waals surface area contributed by atoms with Gasteiger partial charge in [-0.15, -0.1) is 0 Å². The number of amides is 1. The third-order valence-electron chi connectivity index (χ3n) is 4.00. The number of hydrogen-bond acceptors (Lipinski definition) is 4. The number of aryl methyl sites for hydroxylation is 1. The van der Waals surface area contributed by atoms with E-state index in [1.54, 1.807) is 0 Å². The van der Waals surface area contributed by atoms with E-state index in [-0.39, 0.29) is 5.91 Å². The number of carbonyl (C=O) groups excluding carboxylic acids is 1. The van der Waals surface area contributed by atoms with E-state index in [1.807, 2.05) is 24.4 Å². The fourth-order valence-electron chi connectivity index (χ4n) is 2.68. The quantitative estimate of drug-likeness (QED) is 0.754. The van der Waals surface area contributed by atoms with Crippen LogP contribution in [0.5, 0.6) is 0 Å². The first-order valence-electron chi connectivity index (χ1n) is 7.70. The number of rotatable bonds is 7. The molecule has 0 unspecified atom stereocenters. The summed E-state index contributed by atoms with van der Waals surface area (Å²) in [6.07, 6.45) is 4.80. The van der Waals surface area contributed by atoms with Gasteiger partial charge in [-0.3, -0.25) is 14.7 Å². The molecule has 1 aromatic heterocycles. The maximum absolute atomic E-state index is 11.9. The summed E-state index contributed by atoms with van der Waals surface area (Å²) >= 11 is 0. The minimum Gasteiger partial charge on any atom is -0.355 e. The zero-order valence-corrected chi connectivity index (χ0v) is 13.1. The van der Waals surface area contributed by atoms with Gasteiger partial charge >= 0.3 is 0 Å². The average Bonchev–Trinajstić information content (AvgIpc) is 2.93. The number of nitrogens with one attached hydrogen (secondary N) is 1. The van der Waals surface area contributed by atoms with Crippen LogP contribution in [0.3, 0.4) is 0 Å². The lowest BCUT2D eigenvalue weighted by molar-refractivity contribution is -0.122. The monoisotopic (exact) mass is 290 g/mol. The normalized spacial score (nSPS) is 19.1. The van der Waals surface area contributed by atoms with Gasteiger partial charge in [-0.2, -0.15) is 0 Å². The summed E-state index contributed by atoms with van der Waals surface area (Å²) in [4.78, 5) is 20.7. The molecule has 0 bridgehead atoms. The number of pyridine rings is 1. The Labute approximate surface area is 127 Å². The van der Waals surface area contributed by atoms with Crippen LogP contribution < -0.4 is 5.32 Å². The fraction of sp³-hybridized carbons (Fsp3) is 0.625. The van der Waals surface area contributed by atoms with Crippen molar-refractivity contribution < 1.29 is 4.79 Å². The van der Waals surface area contributed by atoms with Crippen molar-refractivity contribution in [3.05, 3.63) is 30.1 Å². The van der Waals surface area contributed by atoms with Crippen LogP contribution in [0.4, 0.5) is 0 Å². The summed E-state index contributed by atoms with van der Waals surface area (Å²) in [5.41, 5.74) is 1.08. The first-order valence-corrected chi connectivity index (χ1v) is 7.70. The van der Waals surface area contributed by atoms with E-state index in [9.17, 15) is 4.79 Å². The van der Waals surface area contributed by atoms with Gasteiger partial charge in [-0.1, -0.05) is 6.07 Å². The lowest BCUT2D eigenvalue weighted by atomic mass is 10.2. The van der Waals surface area contributed by atoms with E-state index in [0.717, 1.165) is 44.6 Å². The topological polar surface area (TPSA) is 48.5 Å². The molecular formula is C16H26N4O. The molecule has 2 rings (SSSR count). The summed E-state index contributed by atoms with van der Waals surface area (Å²) < 4.78 is 0. The highest BCUT2D eigenvalue weighted by molar-refractivity contribution is 5.78. The van der Waals surface area contributed by atoms with Crippen LogP contribution in [0, 0.1) is 0 Å². The third-order valence-corrected chi connectivity index (χ3v) is 4.00. The largest absolute Gasteiger partial charge is 0.355 e. The van der Waals surface area contributed by atoms with E-state index < -0.39 is 0 Å². The predicted octanol–water partition coefficient (Wildman–Crippen LogP) is 0.766. The highest BCUT2D eigenvalue weighted by atomic mass is 16.2. The second kappa shape index (κ2) is 8.10. The lowest BCUT2D eigenvalue weighted by Gasteiger charge is -2.20. The lowest BCUT2D eigenvalue weighted by Crippen LogP contribution is -2.38. The molecule has 0 aliphatic carbocycles. The predicted molar refractivity (Wildman–Crippen MR) is 84.1 cm³/mol. The van der Waals surface area contributed by atoms with Crippen LogP contribution in [0.2, 0.25) is 0 Å². The number of carbonyl (C=O) groups is 1. The maximum atomic E-state index is 11.9. The van der Waals surface area contributed by atoms with Gasteiger partial charge in [-0.25, -0.2) is 0 Å². The van der Waals surface area contributed by atoms with Crippen molar-refractivity contribution in [1.82, 2.24) is 20.1 Å². The maximum Gasteiger partial charge on any atom is 0.234 e. The molecule has 1 aromatic rings. The van der Waals surface area contributed by atoms with Gasteiger partial charge in [0.15, 0.2) is 0 Å². The number of likely N-dealkylation sites (N-methyl/N-ethyl adjacent to an activating group) is 1. The van der Waals surface area contributed by atoms with Crippen molar-refractivity contribution in [2.24, 2.45) is 0 Å². The second-order valence-corrected chi connectivity index (χ2v) is 5.92. The number of hydrogen-bond donors (Lipinski definition) is 1. The highest BCUT2D eigenvalue weighted by Crippen LogP contribution is 2.12. The smallest absolute Gasteiger partial charge is 0.234 e. The van der Waals surface area contributed by atoms with Crippen molar-refractivity contribution in [3.8, 4) is 0 Å². The first kappa shape index (κ1) is 15.9. The molecule has 1 fully saturated rings. The summed E-state index contributed by atoms with van der Waals surface area (Å²) in [5.74, 6) is 0.135. The Morgan fingerprint density at radius 3 is 3.00 bits per heavy atom. The Kier molecular flexibility index (Phi) is 6.14. The summed E-state index contributed by atoms with van der Waals surface area (Å²) in [7, 11) is 4.21. The molecule has 0 radical (unpaired) electrons. The molecule has 5 heteroatoms. The van der Waals surface area contributed by atoms with Crippen molar-refractivity contribution >= 4 is 5.91 Å². The Balaban J connectivity index is 1.58. The zero-order valence-electron chi connectivity index (χ0n) is 13.1. The zero-order chi connectivity index (χ0) is 15.1. The van der Waals surface area contributed by atoms with Gasteiger partial charge in [0.25, 0.3) is 0 Å². The third kappa shape index (κ3) is 5.44. The molecule has 1 aliphatic rings. The molecule has 5 nitrogen and oxygen atoms in total. The van der Waals surface area contributed by atoms with E-state index in [4.69, 9.17) is 0 Å². The second-order valence-electron chi connectivity index (χ2n) is 5.92. The number of nitrogens with zero attached hydrogens (tertiary/aromatic N) is 3. The summed E-state index contributed by atoms with van der Waals surface area (Å²) in [6, 6.07) is 6.52. The van der Waals surface area contributed by atoms with Gasteiger partial charge in [0.2, 0.25) is 5.91 Å². The van der Waals surface area contributed by atoms with Crippen LogP contribution in [-0.2, 0) is 11.2 Å². The van der Waals surface area contributed by atoms with Gasteiger partial charge < -0.3 is 10.2 Å². The van der Waals surface area contributed by atoms with Gasteiger partial charge in [-0.05, 0) is 45.5 Å². The van der Waals surface area contributed by atoms with Crippen LogP contribution in [-0.4, -0.2) is 67.0 Å². The standard InChI is InChI=1S/C16H26N4O/c1-19(2)15-8-11-20(12-15)13-16(21)18-10-5-7-14-6-3-4-9-17-14/h3-4,6,9,15H,5,7-8,10-13H2,1-2H3,(H,18,21)/t15-/m0/s1. The van der Waals surface area contributed by atoms with Gasteiger partial charge in [0.05, 0.1) is 6.54 Å². The number of likely N-dealkylation sites (tertiary alicyclic amines) is 1. The highest BCUT2D eigenvalue weighted by Gasteiger charge is 2.24. The molecule has 1 N–H and O–H groups in total. The molecule has 21 heavy (non-hydrogen) atoms. The molecule has 0 spiro atoms. The Morgan fingerprint density at radius 1 is 1.48 bits per heavy atom. The molecule has 1 aliphatic heterocycles. The first-order chi connectivity index (χ1) is 10.1. The molecule has 116 valence electrons. The summed E-state index contributed by atoms with van der Waals surface area (Å²) in [5, 5.41) is 3.00. The molecule has 1 saturated heterocycles. The number of aromatic nitrogens is 1. The Morgan fingerprint density at radius 2 is 2.33 bits per heavy atom. The summed E-state index contributed by atoms with van der Waals surface area (Å²) in [6.45, 7) is 3.26. The van der Waals surface area contributed by atoms with Crippen molar-refractivity contribution in [2.75, 3.05) is 40.3 Å². The Hall–Kier alpha value is -1.46. The minimum atomic E-state index is 0.135. The van der Waals surface area contributed by atoms with Gasteiger partial charge in [0, 0.05) is 37.6 Å². The Bertz CT molecular complexity index is 435.